The standard InChI is InChI=1S/C19H20Br2N4O/c20-13-8-12(19(22)15(21)9-13)11-23-6-3-7-24-18-10-17(26)14-4-1-2-5-16(14)25-18/h1-2,4-5,8-10,23H,3,6-7,11,22H2,(H2,24,25,26). The van der Waals surface area contributed by atoms with Crippen molar-refractivity contribution >= 4 is 54.3 Å². The zero-order valence-electron chi connectivity index (χ0n) is 14.1. The lowest BCUT2D eigenvalue weighted by Crippen LogP contribution is -2.19. The highest BCUT2D eigenvalue weighted by molar-refractivity contribution is 9.11. The molecule has 1 heterocycles. The van der Waals surface area contributed by atoms with E-state index in [0.29, 0.717) is 11.9 Å². The summed E-state index contributed by atoms with van der Waals surface area (Å²) < 4.78 is 1.89. The fourth-order valence-corrected chi connectivity index (χ4v) is 4.05. The molecule has 1 aromatic heterocycles. The summed E-state index contributed by atoms with van der Waals surface area (Å²) in [4.78, 5) is 15.3. The van der Waals surface area contributed by atoms with Crippen LogP contribution in [0.25, 0.3) is 10.9 Å². The van der Waals surface area contributed by atoms with Gasteiger partial charge in [0.25, 0.3) is 0 Å². The fourth-order valence-electron chi connectivity index (χ4n) is 2.74. The Kier molecular flexibility index (Phi) is 6.34. The van der Waals surface area contributed by atoms with Crippen molar-refractivity contribution in [3.05, 3.63) is 67.2 Å². The number of hydrogen-bond donors (Lipinski definition) is 4. The number of nitrogens with two attached hydrogens (primary N) is 1. The molecule has 0 unspecified atom stereocenters. The third kappa shape index (κ3) is 4.66. The van der Waals surface area contributed by atoms with Crippen LogP contribution in [0.3, 0.4) is 0 Å². The summed E-state index contributed by atoms with van der Waals surface area (Å²) in [6, 6.07) is 13.1. The van der Waals surface area contributed by atoms with Gasteiger partial charge in [-0.3, -0.25) is 4.79 Å². The van der Waals surface area contributed by atoms with Crippen molar-refractivity contribution in [2.45, 2.75) is 13.0 Å². The van der Waals surface area contributed by atoms with Crippen LogP contribution in [-0.2, 0) is 6.54 Å². The summed E-state index contributed by atoms with van der Waals surface area (Å²) in [6.07, 6.45) is 0.921. The van der Waals surface area contributed by atoms with Crippen molar-refractivity contribution in [3.63, 3.8) is 0 Å². The summed E-state index contributed by atoms with van der Waals surface area (Å²) in [7, 11) is 0. The molecule has 7 heteroatoms. The molecule has 0 saturated heterocycles. The molecule has 5 nitrogen and oxygen atoms in total. The maximum Gasteiger partial charge on any atom is 0.191 e. The molecule has 2 aromatic carbocycles. The number of rotatable bonds is 7. The second-order valence-electron chi connectivity index (χ2n) is 6.01. The van der Waals surface area contributed by atoms with Gasteiger partial charge in [-0.1, -0.05) is 28.1 Å². The fraction of sp³-hybridized carbons (Fsp3) is 0.211. The molecule has 136 valence electrons. The summed E-state index contributed by atoms with van der Waals surface area (Å²) in [5.74, 6) is 0.744. The second kappa shape index (κ2) is 8.70. The number of aromatic nitrogens is 1. The summed E-state index contributed by atoms with van der Waals surface area (Å²) in [6.45, 7) is 2.31. The van der Waals surface area contributed by atoms with E-state index in [4.69, 9.17) is 5.73 Å². The van der Waals surface area contributed by atoms with Crippen LogP contribution in [-0.4, -0.2) is 18.1 Å². The number of benzene rings is 2. The summed E-state index contributed by atoms with van der Waals surface area (Å²) in [5.41, 5.74) is 8.75. The van der Waals surface area contributed by atoms with E-state index in [0.717, 1.165) is 51.0 Å². The van der Waals surface area contributed by atoms with Crippen LogP contribution < -0.4 is 21.8 Å². The zero-order chi connectivity index (χ0) is 18.5. The van der Waals surface area contributed by atoms with E-state index < -0.39 is 0 Å². The number of hydrogen-bond acceptors (Lipinski definition) is 4. The molecule has 0 bridgehead atoms. The predicted octanol–water partition coefficient (Wildman–Crippen LogP) is 4.23. The molecule has 3 aromatic rings. The Morgan fingerprint density at radius 1 is 1.08 bits per heavy atom. The molecule has 0 saturated carbocycles. The smallest absolute Gasteiger partial charge is 0.191 e. The molecule has 0 fully saturated rings. The van der Waals surface area contributed by atoms with Crippen molar-refractivity contribution in [1.82, 2.24) is 10.3 Å². The van der Waals surface area contributed by atoms with Gasteiger partial charge in [0.05, 0.1) is 11.2 Å². The normalized spacial score (nSPS) is 11.0. The highest BCUT2D eigenvalue weighted by Crippen LogP contribution is 2.28. The van der Waals surface area contributed by atoms with Gasteiger partial charge < -0.3 is 21.4 Å². The van der Waals surface area contributed by atoms with Gasteiger partial charge in [-0.05, 0) is 58.7 Å². The number of nitrogens with one attached hydrogen (secondary N) is 3. The number of fused-ring (bicyclic) bond motifs is 1. The Morgan fingerprint density at radius 3 is 2.73 bits per heavy atom. The number of pyridine rings is 1. The highest BCUT2D eigenvalue weighted by atomic mass is 79.9. The van der Waals surface area contributed by atoms with Crippen molar-refractivity contribution in [3.8, 4) is 0 Å². The molecule has 0 spiro atoms. The lowest BCUT2D eigenvalue weighted by atomic mass is 10.2. The molecule has 0 aliphatic rings. The molecular formula is C19H20Br2N4O. The summed E-state index contributed by atoms with van der Waals surface area (Å²) in [5, 5.41) is 7.37. The van der Waals surface area contributed by atoms with Crippen LogP contribution in [0, 0.1) is 0 Å². The van der Waals surface area contributed by atoms with Gasteiger partial charge in [-0.2, -0.15) is 0 Å². The van der Waals surface area contributed by atoms with Crippen LogP contribution in [0.2, 0.25) is 0 Å². The highest BCUT2D eigenvalue weighted by Gasteiger charge is 2.05. The average Bonchev–Trinajstić information content (AvgIpc) is 2.62. The van der Waals surface area contributed by atoms with Gasteiger partial charge in [-0.25, -0.2) is 0 Å². The van der Waals surface area contributed by atoms with Crippen LogP contribution >= 0.6 is 31.9 Å². The van der Waals surface area contributed by atoms with Crippen LogP contribution in [0.4, 0.5) is 11.5 Å². The van der Waals surface area contributed by atoms with Gasteiger partial charge in [0, 0.05) is 33.5 Å². The first-order valence-corrected chi connectivity index (χ1v) is 9.93. The van der Waals surface area contributed by atoms with Gasteiger partial charge in [0.1, 0.15) is 5.82 Å². The number of nitrogen functional groups attached to an aromatic ring is 1. The van der Waals surface area contributed by atoms with E-state index in [1.807, 2.05) is 36.4 Å². The van der Waals surface area contributed by atoms with Crippen LogP contribution in [0.15, 0.2) is 56.2 Å². The topological polar surface area (TPSA) is 82.9 Å². The maximum absolute atomic E-state index is 12.1. The average molecular weight is 480 g/mol. The van der Waals surface area contributed by atoms with Gasteiger partial charge in [0.15, 0.2) is 5.43 Å². The largest absolute Gasteiger partial charge is 0.398 e. The molecule has 0 amide bonds. The van der Waals surface area contributed by atoms with Gasteiger partial charge >= 0.3 is 0 Å². The third-order valence-electron chi connectivity index (χ3n) is 4.08. The molecule has 0 radical (unpaired) electrons. The molecule has 26 heavy (non-hydrogen) atoms. The van der Waals surface area contributed by atoms with Crippen molar-refractivity contribution in [1.29, 1.82) is 0 Å². The lowest BCUT2D eigenvalue weighted by molar-refractivity contribution is 0.663. The SMILES string of the molecule is Nc1c(Br)cc(Br)cc1CNCCCNc1cc(=O)c2ccccc2[nH]1. The molecule has 5 N–H and O–H groups in total. The van der Waals surface area contributed by atoms with E-state index in [9.17, 15) is 4.79 Å². The van der Waals surface area contributed by atoms with Crippen molar-refractivity contribution in [2.75, 3.05) is 24.1 Å². The monoisotopic (exact) mass is 478 g/mol. The van der Waals surface area contributed by atoms with E-state index in [1.165, 1.54) is 0 Å². The van der Waals surface area contributed by atoms with Crippen LogP contribution in [0.5, 0.6) is 0 Å². The zero-order valence-corrected chi connectivity index (χ0v) is 17.3. The van der Waals surface area contributed by atoms with Gasteiger partial charge in [0.2, 0.25) is 0 Å². The van der Waals surface area contributed by atoms with E-state index in [2.05, 4.69) is 47.5 Å². The number of H-pyrrole nitrogens is 1. The Hall–Kier alpha value is -1.83. The van der Waals surface area contributed by atoms with Crippen LogP contribution in [0.1, 0.15) is 12.0 Å². The molecule has 0 atom stereocenters. The van der Waals surface area contributed by atoms with E-state index >= 15 is 0 Å². The number of para-hydroxylation sites is 1. The molecule has 3 rings (SSSR count). The minimum absolute atomic E-state index is 0.0238. The lowest BCUT2D eigenvalue weighted by Gasteiger charge is -2.11. The Bertz CT molecular complexity index is 971. The molecule has 0 aliphatic carbocycles. The number of halogens is 2. The minimum atomic E-state index is 0.0238. The first-order valence-electron chi connectivity index (χ1n) is 8.34. The Morgan fingerprint density at radius 2 is 1.88 bits per heavy atom. The minimum Gasteiger partial charge on any atom is -0.398 e. The Balaban J connectivity index is 1.47. The molecular weight excluding hydrogens is 460 g/mol. The number of anilines is 2. The third-order valence-corrected chi connectivity index (χ3v) is 5.19. The first-order chi connectivity index (χ1) is 12.5. The van der Waals surface area contributed by atoms with Crippen molar-refractivity contribution < 1.29 is 0 Å². The quantitative estimate of drug-likeness (QED) is 0.302. The predicted molar refractivity (Wildman–Crippen MR) is 116 cm³/mol. The second-order valence-corrected chi connectivity index (χ2v) is 7.78. The molecule has 0 aliphatic heterocycles. The van der Waals surface area contributed by atoms with Crippen molar-refractivity contribution in [2.24, 2.45) is 0 Å². The first kappa shape index (κ1) is 18.9. The summed E-state index contributed by atoms with van der Waals surface area (Å²) >= 11 is 6.94. The maximum atomic E-state index is 12.1. The van der Waals surface area contributed by atoms with E-state index in [-0.39, 0.29) is 5.43 Å². The van der Waals surface area contributed by atoms with E-state index in [1.54, 1.807) is 6.07 Å². The van der Waals surface area contributed by atoms with Gasteiger partial charge in [-0.15, -0.1) is 0 Å². The Labute approximate surface area is 168 Å². The number of aromatic amines is 1.